The maximum absolute atomic E-state index is 5.99. The monoisotopic (exact) mass is 952 g/mol. The van der Waals surface area contributed by atoms with Crippen molar-refractivity contribution in [2.24, 2.45) is 0 Å². The van der Waals surface area contributed by atoms with Crippen LogP contribution in [0.5, 0.6) is 0 Å². The van der Waals surface area contributed by atoms with E-state index in [-0.39, 0.29) is 0 Å². The average molecular weight is 955 g/mol. The third-order valence-electron chi connectivity index (χ3n) is 9.16. The molecule has 0 fully saturated rings. The molecule has 0 spiro atoms. The Morgan fingerprint density at radius 1 is 0.509 bits per heavy atom. The van der Waals surface area contributed by atoms with Gasteiger partial charge in [-0.1, -0.05) is 92.5 Å². The third kappa shape index (κ3) is 8.69. The van der Waals surface area contributed by atoms with Crippen LogP contribution in [-0.2, 0) is 6.42 Å². The lowest BCUT2D eigenvalue weighted by Crippen LogP contribution is -2.09. The van der Waals surface area contributed by atoms with Crippen molar-refractivity contribution in [1.29, 1.82) is 0 Å². The standard InChI is InChI=1S/C24H16BrNO.C19H13O.C6H4BrI/c25-17-10-12-19(13-11-17)26(18-6-2-1-3-7-18)20-14-15-24-22(16-20)21-8-4-5-9-23(21)27-24;1-2-6-14(7-3-1)12-15-10-11-19-17(13-15)16-8-4-5-9-18(16)20-19;7-5-1-3-6(8)4-2-5/h1-16H;2-11,13H,12H2;1-4H/q;+1;. The highest BCUT2D eigenvalue weighted by Crippen LogP contribution is 2.39. The van der Waals surface area contributed by atoms with Gasteiger partial charge in [-0.15, -0.1) is 0 Å². The van der Waals surface area contributed by atoms with Gasteiger partial charge in [0.1, 0.15) is 34.5 Å². The second-order valence-corrected chi connectivity index (χ2v) is 16.0. The molecule has 1 aliphatic rings. The van der Waals surface area contributed by atoms with Crippen LogP contribution in [0.2, 0.25) is 0 Å². The molecule has 0 N–H and O–H groups in total. The number of benzene rings is 7. The number of nitrogens with zero attached hydrogens (tertiary/aromatic N) is 1. The minimum atomic E-state index is 0.906. The van der Waals surface area contributed by atoms with E-state index in [9.17, 15) is 0 Å². The molecule has 3 nitrogen and oxygen atoms in total. The molecule has 9 aromatic rings. The molecule has 0 bridgehead atoms. The molecule has 0 radical (unpaired) electrons. The van der Waals surface area contributed by atoms with Crippen molar-refractivity contribution in [1.82, 2.24) is 0 Å². The molecule has 0 unspecified atom stereocenters. The van der Waals surface area contributed by atoms with E-state index in [2.05, 4.69) is 193 Å². The van der Waals surface area contributed by atoms with Crippen molar-refractivity contribution in [3.63, 3.8) is 0 Å². The summed E-state index contributed by atoms with van der Waals surface area (Å²) in [7, 11) is 0. The number of fused-ring (bicyclic) bond motifs is 6. The Morgan fingerprint density at radius 2 is 1.04 bits per heavy atom. The van der Waals surface area contributed by atoms with E-state index in [1.165, 1.54) is 25.5 Å². The minimum Gasteiger partial charge on any atom is -0.456 e. The molecule has 7 aromatic carbocycles. The summed E-state index contributed by atoms with van der Waals surface area (Å²) < 4.78 is 15.3. The van der Waals surface area contributed by atoms with Gasteiger partial charge in [0.2, 0.25) is 0 Å². The molecule has 0 saturated heterocycles. The summed E-state index contributed by atoms with van der Waals surface area (Å²) in [6.07, 6.45) is 12.1. The molecule has 2 aromatic heterocycles. The van der Waals surface area contributed by atoms with Crippen molar-refractivity contribution in [3.8, 4) is 0 Å². The predicted molar refractivity (Wildman–Crippen MR) is 245 cm³/mol. The van der Waals surface area contributed by atoms with E-state index in [1.54, 1.807) is 0 Å². The maximum atomic E-state index is 5.99. The van der Waals surface area contributed by atoms with Gasteiger partial charge < -0.3 is 13.7 Å². The van der Waals surface area contributed by atoms with Crippen LogP contribution >= 0.6 is 54.5 Å². The topological polar surface area (TPSA) is 29.5 Å². The van der Waals surface area contributed by atoms with E-state index in [1.807, 2.05) is 60.7 Å². The van der Waals surface area contributed by atoms with Gasteiger partial charge in [-0.2, -0.15) is 0 Å². The lowest BCUT2D eigenvalue weighted by molar-refractivity contribution is 0.668. The fourth-order valence-corrected chi connectivity index (χ4v) is 7.44. The summed E-state index contributed by atoms with van der Waals surface area (Å²) in [6.45, 7) is 0. The van der Waals surface area contributed by atoms with Crippen LogP contribution < -0.4 is 4.90 Å². The lowest BCUT2D eigenvalue weighted by atomic mass is 10.0. The maximum Gasteiger partial charge on any atom is 0.135 e. The fraction of sp³-hybridized carbons (Fsp3) is 0.0204. The Morgan fingerprint density at radius 3 is 1.65 bits per heavy atom. The minimum absolute atomic E-state index is 0.906. The van der Waals surface area contributed by atoms with Crippen molar-refractivity contribution in [2.75, 3.05) is 4.90 Å². The van der Waals surface area contributed by atoms with Gasteiger partial charge in [0.25, 0.3) is 0 Å². The van der Waals surface area contributed by atoms with Crippen LogP contribution in [0.15, 0.2) is 211 Å². The Labute approximate surface area is 350 Å². The second kappa shape index (κ2) is 17.1. The molecule has 0 aliphatic heterocycles. The van der Waals surface area contributed by atoms with Crippen molar-refractivity contribution < 1.29 is 8.83 Å². The zero-order valence-electron chi connectivity index (χ0n) is 29.5. The molecule has 0 atom stereocenters. The number of furan rings is 2. The number of para-hydroxylation sites is 3. The lowest BCUT2D eigenvalue weighted by Gasteiger charge is -2.25. The smallest absolute Gasteiger partial charge is 0.135 e. The first-order valence-electron chi connectivity index (χ1n) is 17.8. The van der Waals surface area contributed by atoms with E-state index >= 15 is 0 Å². The van der Waals surface area contributed by atoms with Gasteiger partial charge in [-0.25, -0.2) is 0 Å². The predicted octanol–water partition coefficient (Wildman–Crippen LogP) is 15.9. The molecule has 0 amide bonds. The van der Waals surface area contributed by atoms with E-state index in [4.69, 9.17) is 8.83 Å². The largest absolute Gasteiger partial charge is 0.456 e. The SMILES string of the molecule is Brc1ccc(I)cc1.Brc1ccc(N(c2ccccc2)c2ccc3oc4ccccc4c3c2)cc1.[C+]1=CC=C(Cc2ccc3oc4ccccc4c3c2)C=C1. The zero-order chi connectivity index (χ0) is 37.6. The van der Waals surface area contributed by atoms with Gasteiger partial charge >= 0.3 is 0 Å². The number of hydrogen-bond donors (Lipinski definition) is 0. The number of hydrogen-bond acceptors (Lipinski definition) is 3. The van der Waals surface area contributed by atoms with Gasteiger partial charge in [0, 0.05) is 63.6 Å². The summed E-state index contributed by atoms with van der Waals surface area (Å²) in [4.78, 5) is 2.26. The van der Waals surface area contributed by atoms with E-state index in [0.717, 1.165) is 65.5 Å². The molecule has 266 valence electrons. The highest BCUT2D eigenvalue weighted by Gasteiger charge is 2.15. The molecule has 1 aliphatic carbocycles. The van der Waals surface area contributed by atoms with Crippen LogP contribution in [0.4, 0.5) is 17.1 Å². The molecular weight excluding hydrogens is 921 g/mol. The first-order valence-corrected chi connectivity index (χ1v) is 20.4. The molecule has 6 heteroatoms. The van der Waals surface area contributed by atoms with Crippen LogP contribution in [0, 0.1) is 9.65 Å². The van der Waals surface area contributed by atoms with Crippen LogP contribution in [-0.4, -0.2) is 0 Å². The molecule has 55 heavy (non-hydrogen) atoms. The van der Waals surface area contributed by atoms with Crippen molar-refractivity contribution >= 4 is 115 Å². The average Bonchev–Trinajstić information content (AvgIpc) is 3.79. The van der Waals surface area contributed by atoms with Gasteiger partial charge in [-0.3, -0.25) is 0 Å². The molecule has 10 rings (SSSR count). The summed E-state index contributed by atoms with van der Waals surface area (Å²) in [6, 6.07) is 56.1. The molecule has 2 heterocycles. The summed E-state index contributed by atoms with van der Waals surface area (Å²) in [5, 5.41) is 4.64. The number of anilines is 3. The number of rotatable bonds is 5. The van der Waals surface area contributed by atoms with Crippen LogP contribution in [0.25, 0.3) is 43.9 Å². The number of allylic oxidation sites excluding steroid dienone is 6. The second-order valence-electron chi connectivity index (χ2n) is 12.9. The zero-order valence-corrected chi connectivity index (χ0v) is 34.8. The first kappa shape index (κ1) is 36.7. The van der Waals surface area contributed by atoms with Crippen molar-refractivity contribution in [3.05, 3.63) is 218 Å². The Hall–Kier alpha value is -5.24. The van der Waals surface area contributed by atoms with Crippen molar-refractivity contribution in [2.45, 2.75) is 6.42 Å². The first-order chi connectivity index (χ1) is 27.0. The molecular formula is C49H33Br2INO2+. The Bertz CT molecular complexity index is 2800. The van der Waals surface area contributed by atoms with Gasteiger partial charge in [-0.05, 0) is 131 Å². The quantitative estimate of drug-likeness (QED) is 0.127. The van der Waals surface area contributed by atoms with Gasteiger partial charge in [0.15, 0.2) is 0 Å². The van der Waals surface area contributed by atoms with Gasteiger partial charge in [0.05, 0.1) is 17.7 Å². The van der Waals surface area contributed by atoms with E-state index in [0.29, 0.717) is 0 Å². The van der Waals surface area contributed by atoms with Crippen LogP contribution in [0.1, 0.15) is 5.56 Å². The Balaban J connectivity index is 0.000000133. The highest BCUT2D eigenvalue weighted by atomic mass is 127. The van der Waals surface area contributed by atoms with E-state index < -0.39 is 0 Å². The fourth-order valence-electron chi connectivity index (χ4n) is 6.56. The summed E-state index contributed by atoms with van der Waals surface area (Å²) >= 11 is 9.15. The third-order valence-corrected chi connectivity index (χ3v) is 10.9. The number of halogens is 3. The summed E-state index contributed by atoms with van der Waals surface area (Å²) in [5.41, 5.74) is 9.66. The summed E-state index contributed by atoms with van der Waals surface area (Å²) in [5.74, 6) is 0. The van der Waals surface area contributed by atoms with Crippen LogP contribution in [0.3, 0.4) is 0 Å². The highest BCUT2D eigenvalue weighted by molar-refractivity contribution is 14.1. The molecule has 0 saturated carbocycles. The Kier molecular flexibility index (Phi) is 11.4. The normalized spacial score (nSPS) is 11.8.